The number of hydrogen-bond donors (Lipinski definition) is 3. The number of rotatable bonds is 64. The van der Waals surface area contributed by atoms with Crippen LogP contribution in [0, 0.1) is 11.8 Å². The average Bonchev–Trinajstić information content (AvgIpc) is 3.62. The second-order valence-electron chi connectivity index (χ2n) is 24.5. The molecule has 0 aromatic rings. The van der Waals surface area contributed by atoms with Crippen LogP contribution >= 0.6 is 15.6 Å². The van der Waals surface area contributed by atoms with E-state index in [9.17, 15) is 43.2 Å². The fraction of sp³-hybridized carbons (Fsp3) is 0.881. The first kappa shape index (κ1) is 83.5. The van der Waals surface area contributed by atoms with E-state index in [4.69, 9.17) is 37.0 Å². The second kappa shape index (κ2) is 58.9. The predicted molar refractivity (Wildman–Crippen MR) is 344 cm³/mol. The predicted octanol–water partition coefficient (Wildman–Crippen LogP) is 18.4. The summed E-state index contributed by atoms with van der Waals surface area (Å²) in [6, 6.07) is 0. The van der Waals surface area contributed by atoms with Crippen LogP contribution in [0.25, 0.3) is 0 Å². The number of esters is 4. The van der Waals surface area contributed by atoms with Gasteiger partial charge in [-0.25, -0.2) is 9.13 Å². The number of unbranched alkanes of at least 4 members (excludes halogenated alkanes) is 31. The van der Waals surface area contributed by atoms with Crippen LogP contribution in [-0.4, -0.2) is 96.7 Å². The van der Waals surface area contributed by atoms with Crippen LogP contribution in [0.1, 0.15) is 311 Å². The molecule has 0 rings (SSSR count). The maximum Gasteiger partial charge on any atom is 0.472 e. The molecule has 19 heteroatoms. The molecule has 0 saturated heterocycles. The van der Waals surface area contributed by atoms with Gasteiger partial charge in [-0.1, -0.05) is 258 Å². The Morgan fingerprint density at radius 2 is 0.628 bits per heavy atom. The minimum absolute atomic E-state index is 0.0843. The van der Waals surface area contributed by atoms with Gasteiger partial charge in [0.05, 0.1) is 26.4 Å². The number of allylic oxidation sites excluding steroid dienone is 4. The molecule has 0 spiro atoms. The topological polar surface area (TPSA) is 237 Å². The molecule has 0 amide bonds. The Labute approximate surface area is 522 Å². The summed E-state index contributed by atoms with van der Waals surface area (Å²) in [7, 11) is -9.90. The molecule has 0 aromatic carbocycles. The van der Waals surface area contributed by atoms with Crippen molar-refractivity contribution >= 4 is 39.5 Å². The third-order valence-corrected chi connectivity index (χ3v) is 16.7. The summed E-state index contributed by atoms with van der Waals surface area (Å²) in [5, 5.41) is 10.5. The molecule has 17 nitrogen and oxygen atoms in total. The van der Waals surface area contributed by atoms with Gasteiger partial charge in [0.15, 0.2) is 12.2 Å². The van der Waals surface area contributed by atoms with E-state index in [-0.39, 0.29) is 25.7 Å². The first-order chi connectivity index (χ1) is 41.4. The lowest BCUT2D eigenvalue weighted by Crippen LogP contribution is -2.30. The Bertz CT molecular complexity index is 1780. The number of phosphoric acid groups is 2. The van der Waals surface area contributed by atoms with Crippen molar-refractivity contribution in [2.75, 3.05) is 39.6 Å². The molecule has 3 N–H and O–H groups in total. The van der Waals surface area contributed by atoms with Gasteiger partial charge in [0, 0.05) is 25.7 Å². The van der Waals surface area contributed by atoms with E-state index >= 15 is 0 Å². The quantitative estimate of drug-likeness (QED) is 0.0169. The van der Waals surface area contributed by atoms with Gasteiger partial charge in [-0.05, 0) is 63.2 Å². The van der Waals surface area contributed by atoms with E-state index in [0.29, 0.717) is 31.6 Å². The Morgan fingerprint density at radius 3 is 0.953 bits per heavy atom. The zero-order valence-corrected chi connectivity index (χ0v) is 56.9. The number of ether oxygens (including phenoxy) is 4. The fourth-order valence-electron chi connectivity index (χ4n) is 9.52. The van der Waals surface area contributed by atoms with E-state index in [1.807, 2.05) is 0 Å². The molecule has 0 aliphatic heterocycles. The first-order valence-corrected chi connectivity index (χ1v) is 37.3. The van der Waals surface area contributed by atoms with E-state index in [1.54, 1.807) is 0 Å². The van der Waals surface area contributed by atoms with Gasteiger partial charge in [-0.15, -0.1) is 0 Å². The molecule has 0 heterocycles. The van der Waals surface area contributed by atoms with Crippen LogP contribution in [0.4, 0.5) is 0 Å². The van der Waals surface area contributed by atoms with Gasteiger partial charge in [0.25, 0.3) is 0 Å². The number of aliphatic hydroxyl groups is 1. The summed E-state index contributed by atoms with van der Waals surface area (Å²) in [6.45, 7) is 9.34. The number of carbonyl (C=O) groups is 4. The highest BCUT2D eigenvalue weighted by atomic mass is 31.2. The number of aliphatic hydroxyl groups excluding tert-OH is 1. The number of carbonyl (C=O) groups excluding carboxylic acids is 4. The summed E-state index contributed by atoms with van der Waals surface area (Å²) in [6.07, 6.45) is 45.4. The lowest BCUT2D eigenvalue weighted by atomic mass is 10.0. The molecule has 0 radical (unpaired) electrons. The molecule has 506 valence electrons. The minimum atomic E-state index is -4.96. The van der Waals surface area contributed by atoms with E-state index in [0.717, 1.165) is 115 Å². The van der Waals surface area contributed by atoms with E-state index in [1.165, 1.54) is 109 Å². The standard InChI is InChI=1S/C67H126O17P2/c1-7-9-11-13-15-17-19-20-21-22-23-27-32-40-46-52-67(72)83-62(55-77-64(69)49-43-37-30-28-24-25-29-35-41-47-59(3)4)57-81-85(73,74)79-53-61(68)54-80-86(75,76)82-58-63(56-78-65(70)50-44-38-34-33-36-42-48-60(5)6)84-66(71)51-45-39-31-26-18-16-14-12-10-8-2/h17,19-21,59-63,68H,7-16,18,22-58H2,1-6H3,(H,73,74)(H,75,76)/b19-17-,21-20-/t61-,62-,63-/m1/s1. The van der Waals surface area contributed by atoms with E-state index in [2.05, 4.69) is 65.8 Å². The molecular weight excluding hydrogens is 1140 g/mol. The molecule has 2 unspecified atom stereocenters. The van der Waals surface area contributed by atoms with E-state index < -0.39 is 97.5 Å². The third-order valence-electron chi connectivity index (χ3n) is 14.8. The lowest BCUT2D eigenvalue weighted by Gasteiger charge is -2.21. The number of phosphoric ester groups is 2. The van der Waals surface area contributed by atoms with Crippen molar-refractivity contribution in [3.05, 3.63) is 24.3 Å². The maximum atomic E-state index is 13.0. The summed E-state index contributed by atoms with van der Waals surface area (Å²) in [4.78, 5) is 72.3. The first-order valence-electron chi connectivity index (χ1n) is 34.3. The van der Waals surface area contributed by atoms with Gasteiger partial charge in [0.2, 0.25) is 0 Å². The molecule has 0 saturated carbocycles. The van der Waals surface area contributed by atoms with Crippen molar-refractivity contribution in [1.29, 1.82) is 0 Å². The fourth-order valence-corrected chi connectivity index (χ4v) is 11.1. The van der Waals surface area contributed by atoms with Crippen LogP contribution in [-0.2, 0) is 65.4 Å². The van der Waals surface area contributed by atoms with Crippen LogP contribution in [0.2, 0.25) is 0 Å². The minimum Gasteiger partial charge on any atom is -0.462 e. The van der Waals surface area contributed by atoms with Gasteiger partial charge in [-0.2, -0.15) is 0 Å². The molecule has 0 bridgehead atoms. The highest BCUT2D eigenvalue weighted by Crippen LogP contribution is 2.45. The van der Waals surface area contributed by atoms with Crippen molar-refractivity contribution in [2.45, 2.75) is 330 Å². The second-order valence-corrected chi connectivity index (χ2v) is 27.4. The largest absolute Gasteiger partial charge is 0.472 e. The third kappa shape index (κ3) is 60.5. The maximum absolute atomic E-state index is 13.0. The molecule has 86 heavy (non-hydrogen) atoms. The van der Waals surface area contributed by atoms with Gasteiger partial charge in [-0.3, -0.25) is 37.3 Å². The molecule has 0 aliphatic carbocycles. The number of hydrogen-bond acceptors (Lipinski definition) is 15. The van der Waals surface area contributed by atoms with Crippen molar-refractivity contribution in [3.8, 4) is 0 Å². The SMILES string of the molecule is CCCCCC/C=C\C=C/CCCCCCCC(=O)O[C@H](COC(=O)CCCCCCCCCCCC(C)C)COP(=O)(O)OC[C@@H](O)COP(=O)(O)OC[C@@H](COC(=O)CCCCCCCCC(C)C)OC(=O)CCCCCCCCCCCC. The highest BCUT2D eigenvalue weighted by Gasteiger charge is 2.30. The van der Waals surface area contributed by atoms with Crippen molar-refractivity contribution in [1.82, 2.24) is 0 Å². The van der Waals surface area contributed by atoms with Crippen LogP contribution in [0.15, 0.2) is 24.3 Å². The highest BCUT2D eigenvalue weighted by molar-refractivity contribution is 7.47. The average molecular weight is 1270 g/mol. The van der Waals surface area contributed by atoms with Gasteiger partial charge in [0.1, 0.15) is 19.3 Å². The zero-order valence-electron chi connectivity index (χ0n) is 55.1. The zero-order chi connectivity index (χ0) is 63.6. The van der Waals surface area contributed by atoms with Crippen LogP contribution in [0.5, 0.6) is 0 Å². The lowest BCUT2D eigenvalue weighted by molar-refractivity contribution is -0.161. The molecule has 0 fully saturated rings. The molecular formula is C67H126O17P2. The summed E-state index contributed by atoms with van der Waals surface area (Å²) in [5.41, 5.74) is 0. The Hall–Kier alpha value is -2.46. The van der Waals surface area contributed by atoms with Crippen molar-refractivity contribution in [3.63, 3.8) is 0 Å². The normalized spacial score (nSPS) is 14.4. The monoisotopic (exact) mass is 1260 g/mol. The van der Waals surface area contributed by atoms with Crippen LogP contribution < -0.4 is 0 Å². The summed E-state index contributed by atoms with van der Waals surface area (Å²) in [5.74, 6) is -0.743. The summed E-state index contributed by atoms with van der Waals surface area (Å²) < 4.78 is 68.0. The van der Waals surface area contributed by atoms with Gasteiger partial charge < -0.3 is 33.8 Å². The Balaban J connectivity index is 5.28. The smallest absolute Gasteiger partial charge is 0.462 e. The molecule has 0 aromatic heterocycles. The van der Waals surface area contributed by atoms with Gasteiger partial charge >= 0.3 is 39.5 Å². The van der Waals surface area contributed by atoms with Crippen LogP contribution in [0.3, 0.4) is 0 Å². The molecule has 5 atom stereocenters. The summed E-state index contributed by atoms with van der Waals surface area (Å²) >= 11 is 0. The Kier molecular flexibility index (Phi) is 57.2. The Morgan fingerprint density at radius 1 is 0.360 bits per heavy atom. The van der Waals surface area contributed by atoms with Crippen molar-refractivity contribution in [2.24, 2.45) is 11.8 Å². The van der Waals surface area contributed by atoms with Crippen molar-refractivity contribution < 1.29 is 80.2 Å². The molecule has 0 aliphatic rings.